The van der Waals surface area contributed by atoms with E-state index in [9.17, 15) is 4.79 Å². The van der Waals surface area contributed by atoms with E-state index in [0.29, 0.717) is 24.2 Å². The van der Waals surface area contributed by atoms with Gasteiger partial charge in [0, 0.05) is 31.4 Å². The zero-order valence-corrected chi connectivity index (χ0v) is 15.9. The summed E-state index contributed by atoms with van der Waals surface area (Å²) >= 11 is 0. The van der Waals surface area contributed by atoms with Gasteiger partial charge in [0.1, 0.15) is 18.2 Å². The third-order valence-corrected chi connectivity index (χ3v) is 5.08. The van der Waals surface area contributed by atoms with Gasteiger partial charge in [0.2, 0.25) is 0 Å². The molecule has 144 valence electrons. The Morgan fingerprint density at radius 2 is 2.04 bits per heavy atom. The van der Waals surface area contributed by atoms with Crippen LogP contribution in [-0.2, 0) is 6.61 Å². The van der Waals surface area contributed by atoms with Crippen molar-refractivity contribution in [3.8, 4) is 11.6 Å². The molecule has 6 nitrogen and oxygen atoms in total. The van der Waals surface area contributed by atoms with Crippen LogP contribution in [0.1, 0.15) is 12.0 Å². The van der Waals surface area contributed by atoms with Crippen molar-refractivity contribution in [2.75, 3.05) is 25.0 Å². The summed E-state index contributed by atoms with van der Waals surface area (Å²) in [6.07, 6.45) is 4.67. The Labute approximate surface area is 164 Å². The molecule has 1 atom stereocenters. The summed E-state index contributed by atoms with van der Waals surface area (Å²) in [6.45, 7) is 2.42. The summed E-state index contributed by atoms with van der Waals surface area (Å²) in [7, 11) is 2.00. The van der Waals surface area contributed by atoms with Crippen LogP contribution < -0.4 is 20.5 Å². The number of hydrogen-bond acceptors (Lipinski definition) is 5. The molecule has 3 heterocycles. The van der Waals surface area contributed by atoms with E-state index in [0.717, 1.165) is 30.8 Å². The molecule has 28 heavy (non-hydrogen) atoms. The maximum absolute atomic E-state index is 12.5. The largest absolute Gasteiger partial charge is 0.489 e. The van der Waals surface area contributed by atoms with E-state index >= 15 is 0 Å². The quantitative estimate of drug-likeness (QED) is 0.717. The van der Waals surface area contributed by atoms with Crippen molar-refractivity contribution < 1.29 is 4.74 Å². The molecule has 1 saturated heterocycles. The van der Waals surface area contributed by atoms with E-state index in [1.807, 2.05) is 55.7 Å². The highest BCUT2D eigenvalue weighted by Gasteiger charge is 2.21. The number of likely N-dealkylation sites (N-methyl/N-ethyl adjacent to an activating group) is 1. The lowest BCUT2D eigenvalue weighted by molar-refractivity contribution is 0.305. The summed E-state index contributed by atoms with van der Waals surface area (Å²) in [5.41, 5.74) is 1.98. The molecule has 0 spiro atoms. The van der Waals surface area contributed by atoms with E-state index < -0.39 is 0 Å². The van der Waals surface area contributed by atoms with Crippen LogP contribution >= 0.6 is 0 Å². The van der Waals surface area contributed by atoms with Crippen molar-refractivity contribution in [2.24, 2.45) is 0 Å². The lowest BCUT2D eigenvalue weighted by Crippen LogP contribution is -2.29. The second-order valence-corrected chi connectivity index (χ2v) is 6.94. The second kappa shape index (κ2) is 8.27. The molecule has 6 heteroatoms. The van der Waals surface area contributed by atoms with E-state index in [1.54, 1.807) is 12.3 Å². The molecule has 1 aromatic carbocycles. The fourth-order valence-electron chi connectivity index (χ4n) is 3.42. The molecule has 0 aliphatic carbocycles. The Morgan fingerprint density at radius 3 is 2.71 bits per heavy atom. The normalized spacial score (nSPS) is 16.3. The Morgan fingerprint density at radius 1 is 1.18 bits per heavy atom. The van der Waals surface area contributed by atoms with Crippen molar-refractivity contribution >= 4 is 5.69 Å². The maximum Gasteiger partial charge on any atom is 0.259 e. The van der Waals surface area contributed by atoms with Crippen LogP contribution in [0.3, 0.4) is 0 Å². The predicted molar refractivity (Wildman–Crippen MR) is 110 cm³/mol. The standard InChI is InChI=1S/C22H24N4O2/c1-23-18-9-11-25(15-18)19-7-8-21(24-14-19)26-12-10-20(13-22(26)27)28-16-17-5-3-2-4-6-17/h2-8,10,12-14,18,23H,9,11,15-16H2,1H3/t18-/m1/s1. The molecule has 1 aliphatic heterocycles. The summed E-state index contributed by atoms with van der Waals surface area (Å²) in [5.74, 6) is 1.16. The lowest BCUT2D eigenvalue weighted by atomic mass is 10.2. The first-order valence-corrected chi connectivity index (χ1v) is 9.51. The Bertz CT molecular complexity index is 970. The molecule has 0 saturated carbocycles. The molecule has 1 N–H and O–H groups in total. The fraction of sp³-hybridized carbons (Fsp3) is 0.273. The van der Waals surface area contributed by atoms with Gasteiger partial charge in [-0.05, 0) is 37.2 Å². The number of hydrogen-bond donors (Lipinski definition) is 1. The molecule has 3 aromatic rings. The molecule has 1 fully saturated rings. The number of aromatic nitrogens is 2. The minimum Gasteiger partial charge on any atom is -0.489 e. The summed E-state index contributed by atoms with van der Waals surface area (Å²) in [4.78, 5) is 19.3. The van der Waals surface area contributed by atoms with Crippen molar-refractivity contribution in [2.45, 2.75) is 19.1 Å². The van der Waals surface area contributed by atoms with Crippen molar-refractivity contribution in [1.29, 1.82) is 0 Å². The first kappa shape index (κ1) is 18.3. The summed E-state index contributed by atoms with van der Waals surface area (Å²) in [5, 5.41) is 3.31. The zero-order valence-electron chi connectivity index (χ0n) is 15.9. The SMILES string of the molecule is CN[C@@H]1CCN(c2ccc(-n3ccc(OCc4ccccc4)cc3=O)nc2)C1. The van der Waals surface area contributed by atoms with Crippen LogP contribution in [0.4, 0.5) is 5.69 Å². The van der Waals surface area contributed by atoms with E-state index in [2.05, 4.69) is 15.2 Å². The molecule has 0 unspecified atom stereocenters. The van der Waals surface area contributed by atoms with Gasteiger partial charge in [-0.3, -0.25) is 9.36 Å². The number of nitrogens with one attached hydrogen (secondary N) is 1. The van der Waals surface area contributed by atoms with Gasteiger partial charge in [0.15, 0.2) is 0 Å². The van der Waals surface area contributed by atoms with Gasteiger partial charge in [-0.2, -0.15) is 0 Å². The van der Waals surface area contributed by atoms with Gasteiger partial charge in [-0.15, -0.1) is 0 Å². The molecule has 0 bridgehead atoms. The van der Waals surface area contributed by atoms with Gasteiger partial charge in [-0.1, -0.05) is 30.3 Å². The number of pyridine rings is 2. The Hall–Kier alpha value is -3.12. The van der Waals surface area contributed by atoms with Crippen molar-refractivity contribution in [3.63, 3.8) is 0 Å². The van der Waals surface area contributed by atoms with Gasteiger partial charge >= 0.3 is 0 Å². The van der Waals surface area contributed by atoms with Gasteiger partial charge < -0.3 is 15.0 Å². The number of anilines is 1. The summed E-state index contributed by atoms with van der Waals surface area (Å²) < 4.78 is 7.25. The molecular weight excluding hydrogens is 352 g/mol. The number of rotatable bonds is 6. The Kier molecular flexibility index (Phi) is 5.39. The van der Waals surface area contributed by atoms with E-state index in [4.69, 9.17) is 4.74 Å². The van der Waals surface area contributed by atoms with Crippen LogP contribution in [0.25, 0.3) is 5.82 Å². The lowest BCUT2D eigenvalue weighted by Gasteiger charge is -2.18. The third kappa shape index (κ3) is 4.07. The number of benzene rings is 1. The molecule has 0 amide bonds. The minimum atomic E-state index is -0.165. The minimum absolute atomic E-state index is 0.165. The highest BCUT2D eigenvalue weighted by atomic mass is 16.5. The van der Waals surface area contributed by atoms with Crippen LogP contribution in [-0.4, -0.2) is 35.7 Å². The average molecular weight is 376 g/mol. The fourth-order valence-corrected chi connectivity index (χ4v) is 3.42. The number of nitrogens with zero attached hydrogens (tertiary/aromatic N) is 3. The Balaban J connectivity index is 1.45. The maximum atomic E-state index is 12.5. The van der Waals surface area contributed by atoms with Crippen LogP contribution in [0.15, 0.2) is 71.8 Å². The van der Waals surface area contributed by atoms with Gasteiger partial charge in [0.25, 0.3) is 5.56 Å². The van der Waals surface area contributed by atoms with Gasteiger partial charge in [-0.25, -0.2) is 4.98 Å². The zero-order chi connectivity index (χ0) is 19.3. The van der Waals surface area contributed by atoms with Crippen LogP contribution in [0.2, 0.25) is 0 Å². The smallest absolute Gasteiger partial charge is 0.259 e. The first-order valence-electron chi connectivity index (χ1n) is 9.51. The molecular formula is C22H24N4O2. The van der Waals surface area contributed by atoms with Crippen LogP contribution in [0, 0.1) is 0 Å². The first-order chi connectivity index (χ1) is 13.7. The van der Waals surface area contributed by atoms with Crippen molar-refractivity contribution in [1.82, 2.24) is 14.9 Å². The monoisotopic (exact) mass is 376 g/mol. The predicted octanol–water partition coefficient (Wildman–Crippen LogP) is 2.61. The highest BCUT2D eigenvalue weighted by molar-refractivity contribution is 5.48. The number of ether oxygens (including phenoxy) is 1. The van der Waals surface area contributed by atoms with E-state index in [1.165, 1.54) is 10.6 Å². The average Bonchev–Trinajstić information content (AvgIpc) is 3.23. The molecule has 1 aliphatic rings. The summed E-state index contributed by atoms with van der Waals surface area (Å²) in [6, 6.07) is 17.6. The molecule has 2 aromatic heterocycles. The van der Waals surface area contributed by atoms with Crippen molar-refractivity contribution in [3.05, 3.63) is 82.9 Å². The third-order valence-electron chi connectivity index (χ3n) is 5.08. The topological polar surface area (TPSA) is 59.4 Å². The molecule has 0 radical (unpaired) electrons. The van der Waals surface area contributed by atoms with Crippen LogP contribution in [0.5, 0.6) is 5.75 Å². The molecule has 4 rings (SSSR count). The van der Waals surface area contributed by atoms with E-state index in [-0.39, 0.29) is 5.56 Å². The second-order valence-electron chi connectivity index (χ2n) is 6.94. The highest BCUT2D eigenvalue weighted by Crippen LogP contribution is 2.20. The van der Waals surface area contributed by atoms with Gasteiger partial charge in [0.05, 0.1) is 11.9 Å².